The van der Waals surface area contributed by atoms with Crippen molar-refractivity contribution in [3.63, 3.8) is 0 Å². The van der Waals surface area contributed by atoms with Gasteiger partial charge in [0.25, 0.3) is 0 Å². The van der Waals surface area contributed by atoms with E-state index in [2.05, 4.69) is 19.1 Å². The van der Waals surface area contributed by atoms with Gasteiger partial charge in [-0.25, -0.2) is 0 Å². The van der Waals surface area contributed by atoms with Crippen LogP contribution in [0.15, 0.2) is 18.2 Å². The molecule has 0 aliphatic carbocycles. The molecular weight excluding hydrogens is 216 g/mol. The third-order valence-corrected chi connectivity index (χ3v) is 2.45. The molecule has 94 valence electrons. The summed E-state index contributed by atoms with van der Waals surface area (Å²) in [5.41, 5.74) is 1.05. The van der Waals surface area contributed by atoms with Crippen LogP contribution in [-0.4, -0.2) is 21.3 Å². The predicted octanol–water partition coefficient (Wildman–Crippen LogP) is 3.53. The lowest BCUT2D eigenvalue weighted by Crippen LogP contribution is -1.95. The summed E-state index contributed by atoms with van der Waals surface area (Å²) in [4.78, 5) is 0. The molecule has 0 aromatic heterocycles. The van der Waals surface area contributed by atoms with Gasteiger partial charge in [0, 0.05) is 0 Å². The second-order valence-electron chi connectivity index (χ2n) is 3.65. The molecule has 0 heterocycles. The number of allylic oxidation sites excluding steroid dienone is 1. The number of unbranched alkanes of at least 4 members (excludes halogenated alkanes) is 1. The molecule has 0 bridgehead atoms. The van der Waals surface area contributed by atoms with Crippen LogP contribution >= 0.6 is 0 Å². The zero-order valence-electron chi connectivity index (χ0n) is 10.9. The Kier molecular flexibility index (Phi) is 5.40. The highest BCUT2D eigenvalue weighted by Crippen LogP contribution is 2.38. The molecule has 0 radical (unpaired) electrons. The lowest BCUT2D eigenvalue weighted by atomic mass is 10.1. The Morgan fingerprint density at radius 3 is 2.00 bits per heavy atom. The van der Waals surface area contributed by atoms with E-state index in [9.17, 15) is 0 Å². The molecule has 0 aliphatic heterocycles. The molecule has 0 saturated carbocycles. The van der Waals surface area contributed by atoms with E-state index in [0.717, 1.165) is 18.4 Å². The first-order valence-electron chi connectivity index (χ1n) is 5.73. The molecule has 0 atom stereocenters. The molecule has 0 saturated heterocycles. The molecule has 0 amide bonds. The molecule has 3 heteroatoms. The predicted molar refractivity (Wildman–Crippen MR) is 70.0 cm³/mol. The highest BCUT2D eigenvalue weighted by atomic mass is 16.5. The summed E-state index contributed by atoms with van der Waals surface area (Å²) >= 11 is 0. The fourth-order valence-corrected chi connectivity index (χ4v) is 1.58. The maximum atomic E-state index is 5.29. The van der Waals surface area contributed by atoms with E-state index in [1.807, 2.05) is 12.1 Å². The summed E-state index contributed by atoms with van der Waals surface area (Å²) in [6.07, 6.45) is 6.41. The van der Waals surface area contributed by atoms with E-state index in [-0.39, 0.29) is 0 Å². The Balaban J connectivity index is 3.08. The van der Waals surface area contributed by atoms with Crippen LogP contribution in [0.2, 0.25) is 0 Å². The first kappa shape index (κ1) is 13.4. The molecule has 1 aromatic rings. The van der Waals surface area contributed by atoms with Crippen molar-refractivity contribution in [1.82, 2.24) is 0 Å². The van der Waals surface area contributed by atoms with E-state index in [1.54, 1.807) is 21.3 Å². The van der Waals surface area contributed by atoms with Gasteiger partial charge in [-0.1, -0.05) is 25.5 Å². The first-order valence-corrected chi connectivity index (χ1v) is 5.73. The number of benzene rings is 1. The number of methoxy groups -OCH3 is 3. The van der Waals surface area contributed by atoms with Crippen molar-refractivity contribution >= 4 is 6.08 Å². The Bertz CT molecular complexity index is 358. The van der Waals surface area contributed by atoms with Crippen molar-refractivity contribution in [2.24, 2.45) is 0 Å². The molecule has 0 fully saturated rings. The van der Waals surface area contributed by atoms with Crippen LogP contribution in [0.4, 0.5) is 0 Å². The van der Waals surface area contributed by atoms with Crippen LogP contribution in [0.25, 0.3) is 6.08 Å². The van der Waals surface area contributed by atoms with Crippen molar-refractivity contribution in [3.8, 4) is 17.2 Å². The molecule has 1 aromatic carbocycles. The topological polar surface area (TPSA) is 27.7 Å². The van der Waals surface area contributed by atoms with Crippen molar-refractivity contribution in [2.45, 2.75) is 19.8 Å². The number of ether oxygens (including phenoxy) is 3. The fraction of sp³-hybridized carbons (Fsp3) is 0.429. The van der Waals surface area contributed by atoms with Gasteiger partial charge in [0.1, 0.15) is 0 Å². The molecule has 17 heavy (non-hydrogen) atoms. The second kappa shape index (κ2) is 6.84. The molecule has 1 rings (SSSR count). The fourth-order valence-electron chi connectivity index (χ4n) is 1.58. The quantitative estimate of drug-likeness (QED) is 0.756. The molecule has 0 N–H and O–H groups in total. The third-order valence-electron chi connectivity index (χ3n) is 2.45. The summed E-state index contributed by atoms with van der Waals surface area (Å²) < 4.78 is 15.8. The van der Waals surface area contributed by atoms with Gasteiger partial charge >= 0.3 is 0 Å². The van der Waals surface area contributed by atoms with E-state index >= 15 is 0 Å². The summed E-state index contributed by atoms with van der Waals surface area (Å²) in [5, 5.41) is 0. The normalized spacial score (nSPS) is 10.6. The smallest absolute Gasteiger partial charge is 0.203 e. The highest BCUT2D eigenvalue weighted by molar-refractivity contribution is 5.62. The average molecular weight is 236 g/mol. The van der Waals surface area contributed by atoms with E-state index in [1.165, 1.54) is 0 Å². The maximum absolute atomic E-state index is 5.29. The largest absolute Gasteiger partial charge is 0.493 e. The van der Waals surface area contributed by atoms with Crippen molar-refractivity contribution in [1.29, 1.82) is 0 Å². The minimum Gasteiger partial charge on any atom is -0.493 e. The van der Waals surface area contributed by atoms with Crippen molar-refractivity contribution in [3.05, 3.63) is 23.8 Å². The summed E-state index contributed by atoms with van der Waals surface area (Å²) in [6.45, 7) is 2.15. The van der Waals surface area contributed by atoms with E-state index in [0.29, 0.717) is 17.2 Å². The molecule has 3 nitrogen and oxygen atoms in total. The number of rotatable bonds is 6. The Morgan fingerprint density at radius 1 is 1.00 bits per heavy atom. The zero-order chi connectivity index (χ0) is 12.7. The number of hydrogen-bond donors (Lipinski definition) is 0. The van der Waals surface area contributed by atoms with Crippen molar-refractivity contribution in [2.75, 3.05) is 21.3 Å². The molecular formula is C14H20O3. The second-order valence-corrected chi connectivity index (χ2v) is 3.65. The first-order chi connectivity index (χ1) is 8.26. The molecule has 0 aliphatic rings. The van der Waals surface area contributed by atoms with Gasteiger partial charge < -0.3 is 14.2 Å². The summed E-state index contributed by atoms with van der Waals surface area (Å²) in [5.74, 6) is 1.99. The van der Waals surface area contributed by atoms with Gasteiger partial charge in [-0.2, -0.15) is 0 Å². The number of hydrogen-bond acceptors (Lipinski definition) is 3. The summed E-state index contributed by atoms with van der Waals surface area (Å²) in [6, 6.07) is 3.88. The van der Waals surface area contributed by atoms with Crippen LogP contribution in [0.5, 0.6) is 17.2 Å². The van der Waals surface area contributed by atoms with Gasteiger partial charge in [-0.05, 0) is 24.1 Å². The maximum Gasteiger partial charge on any atom is 0.203 e. The van der Waals surface area contributed by atoms with Crippen LogP contribution < -0.4 is 14.2 Å². The van der Waals surface area contributed by atoms with Gasteiger partial charge in [-0.3, -0.25) is 0 Å². The molecule has 0 unspecified atom stereocenters. The van der Waals surface area contributed by atoms with Gasteiger partial charge in [0.15, 0.2) is 11.5 Å². The lowest BCUT2D eigenvalue weighted by molar-refractivity contribution is 0.324. The summed E-state index contributed by atoms with van der Waals surface area (Å²) in [7, 11) is 4.85. The van der Waals surface area contributed by atoms with Crippen LogP contribution in [0, 0.1) is 0 Å². The Hall–Kier alpha value is -1.64. The average Bonchev–Trinajstić information content (AvgIpc) is 2.37. The standard InChI is InChI=1S/C14H20O3/c1-5-6-7-8-11-9-12(15-2)14(17-4)13(10-11)16-3/h7-10H,5-6H2,1-4H3/b8-7-. The minimum atomic E-state index is 0.627. The van der Waals surface area contributed by atoms with Crippen LogP contribution in [-0.2, 0) is 0 Å². The SMILES string of the molecule is CCC/C=C\c1cc(OC)c(OC)c(OC)c1. The zero-order valence-corrected chi connectivity index (χ0v) is 10.9. The van der Waals surface area contributed by atoms with Crippen LogP contribution in [0.1, 0.15) is 25.3 Å². The third kappa shape index (κ3) is 3.41. The molecule has 0 spiro atoms. The Labute approximate surface area is 103 Å². The van der Waals surface area contributed by atoms with Crippen LogP contribution in [0.3, 0.4) is 0 Å². The van der Waals surface area contributed by atoms with E-state index in [4.69, 9.17) is 14.2 Å². The van der Waals surface area contributed by atoms with E-state index < -0.39 is 0 Å². The Morgan fingerprint density at radius 2 is 1.59 bits per heavy atom. The monoisotopic (exact) mass is 236 g/mol. The van der Waals surface area contributed by atoms with Gasteiger partial charge in [0.05, 0.1) is 21.3 Å². The highest BCUT2D eigenvalue weighted by Gasteiger charge is 2.11. The van der Waals surface area contributed by atoms with Gasteiger partial charge in [0.2, 0.25) is 5.75 Å². The lowest BCUT2D eigenvalue weighted by Gasteiger charge is -2.12. The van der Waals surface area contributed by atoms with Crippen molar-refractivity contribution < 1.29 is 14.2 Å². The van der Waals surface area contributed by atoms with Gasteiger partial charge in [-0.15, -0.1) is 0 Å². The minimum absolute atomic E-state index is 0.627.